The van der Waals surface area contributed by atoms with E-state index >= 15 is 0 Å². The minimum atomic E-state index is 0.850. The molecule has 19 heavy (non-hydrogen) atoms. The highest BCUT2D eigenvalue weighted by Crippen LogP contribution is 2.16. The van der Waals surface area contributed by atoms with Gasteiger partial charge in [-0.2, -0.15) is 0 Å². The van der Waals surface area contributed by atoms with Gasteiger partial charge in [0.25, 0.3) is 0 Å². The highest BCUT2D eigenvalue weighted by atomic mass is 79.9. The van der Waals surface area contributed by atoms with E-state index in [1.807, 2.05) is 0 Å². The van der Waals surface area contributed by atoms with Crippen LogP contribution in [0.5, 0.6) is 0 Å². The molecule has 0 amide bonds. The Morgan fingerprint density at radius 3 is 2.47 bits per heavy atom. The van der Waals surface area contributed by atoms with Crippen molar-refractivity contribution in [3.8, 4) is 0 Å². The van der Waals surface area contributed by atoms with Gasteiger partial charge in [0.1, 0.15) is 0 Å². The fourth-order valence-electron chi connectivity index (χ4n) is 2.48. The molecule has 1 rings (SSSR count). The first kappa shape index (κ1) is 16.7. The van der Waals surface area contributed by atoms with Gasteiger partial charge >= 0.3 is 0 Å². The Balaban J connectivity index is 2.51. The van der Waals surface area contributed by atoms with Crippen molar-refractivity contribution in [3.05, 3.63) is 35.9 Å². The predicted molar refractivity (Wildman–Crippen MR) is 88.8 cm³/mol. The zero-order valence-corrected chi connectivity index (χ0v) is 14.0. The number of unbranched alkanes of at least 4 members (excludes halogenated alkanes) is 1. The van der Waals surface area contributed by atoms with Crippen LogP contribution in [-0.4, -0.2) is 23.3 Å². The Hall–Kier alpha value is -0.340. The van der Waals surface area contributed by atoms with E-state index in [1.165, 1.54) is 37.8 Å². The molecule has 0 bridgehead atoms. The van der Waals surface area contributed by atoms with Gasteiger partial charge in [-0.1, -0.05) is 79.4 Å². The topological polar surface area (TPSA) is 3.24 Å². The molecule has 0 aliphatic heterocycles. The summed E-state index contributed by atoms with van der Waals surface area (Å²) < 4.78 is 0. The van der Waals surface area contributed by atoms with Crippen LogP contribution >= 0.6 is 15.9 Å². The van der Waals surface area contributed by atoms with Gasteiger partial charge in [-0.3, -0.25) is 4.90 Å². The Morgan fingerprint density at radius 2 is 1.89 bits per heavy atom. The molecule has 1 aromatic rings. The summed E-state index contributed by atoms with van der Waals surface area (Å²) in [6.45, 7) is 8.06. The first-order valence-electron chi connectivity index (χ1n) is 7.62. The smallest absolute Gasteiger partial charge is 0.0234 e. The minimum absolute atomic E-state index is 0.850. The second-order valence-corrected chi connectivity index (χ2v) is 6.12. The van der Waals surface area contributed by atoms with Gasteiger partial charge in [0.2, 0.25) is 0 Å². The molecule has 0 aromatic heterocycles. The molecule has 1 aromatic carbocycles. The van der Waals surface area contributed by atoms with Crippen LogP contribution in [-0.2, 0) is 6.54 Å². The predicted octanol–water partition coefficient (Wildman–Crippen LogP) is 5.10. The second kappa shape index (κ2) is 10.4. The maximum atomic E-state index is 3.59. The van der Waals surface area contributed by atoms with Crippen LogP contribution in [0.15, 0.2) is 30.3 Å². The molecule has 0 radical (unpaired) electrons. The van der Waals surface area contributed by atoms with Gasteiger partial charge in [-0.05, 0) is 17.9 Å². The Labute approximate surface area is 127 Å². The minimum Gasteiger partial charge on any atom is -0.298 e. The zero-order valence-electron chi connectivity index (χ0n) is 12.4. The molecular formula is C17H28BrN. The second-order valence-electron chi connectivity index (χ2n) is 5.33. The molecule has 0 saturated carbocycles. The van der Waals surface area contributed by atoms with Crippen molar-refractivity contribution in [1.29, 1.82) is 0 Å². The van der Waals surface area contributed by atoms with Crippen molar-refractivity contribution < 1.29 is 0 Å². The molecule has 1 nitrogen and oxygen atoms in total. The summed E-state index contributed by atoms with van der Waals surface area (Å²) in [5.74, 6) is 0.850. The van der Waals surface area contributed by atoms with E-state index in [1.54, 1.807) is 0 Å². The molecular weight excluding hydrogens is 298 g/mol. The van der Waals surface area contributed by atoms with E-state index in [2.05, 4.69) is 65.0 Å². The van der Waals surface area contributed by atoms with Crippen LogP contribution in [0.2, 0.25) is 0 Å². The number of benzene rings is 1. The summed E-state index contributed by atoms with van der Waals surface area (Å²) in [6.07, 6.45) is 5.35. The van der Waals surface area contributed by atoms with Crippen molar-refractivity contribution in [3.63, 3.8) is 0 Å². The number of alkyl halides is 1. The van der Waals surface area contributed by atoms with E-state index in [9.17, 15) is 0 Å². The van der Waals surface area contributed by atoms with Crippen LogP contribution in [0, 0.1) is 5.92 Å². The van der Waals surface area contributed by atoms with E-state index in [0.29, 0.717) is 0 Å². The Bertz CT molecular complexity index is 312. The van der Waals surface area contributed by atoms with Crippen molar-refractivity contribution in [2.75, 3.05) is 18.4 Å². The van der Waals surface area contributed by atoms with Gasteiger partial charge in [0, 0.05) is 25.0 Å². The van der Waals surface area contributed by atoms with Gasteiger partial charge < -0.3 is 0 Å². The normalized spacial score (nSPS) is 12.8. The van der Waals surface area contributed by atoms with Crippen LogP contribution < -0.4 is 0 Å². The summed E-state index contributed by atoms with van der Waals surface area (Å²) in [7, 11) is 0. The fraction of sp³-hybridized carbons (Fsp3) is 0.647. The number of rotatable bonds is 10. The molecule has 0 saturated heterocycles. The summed E-state index contributed by atoms with van der Waals surface area (Å²) in [5.41, 5.74) is 1.42. The number of hydrogen-bond donors (Lipinski definition) is 0. The van der Waals surface area contributed by atoms with Gasteiger partial charge in [-0.15, -0.1) is 0 Å². The lowest BCUT2D eigenvalue weighted by Gasteiger charge is -2.26. The SMILES string of the molecule is CCCCC(CC)CN(CCBr)Cc1ccccc1. The maximum Gasteiger partial charge on any atom is 0.0234 e. The fourth-order valence-corrected chi connectivity index (χ4v) is 2.98. The van der Waals surface area contributed by atoms with E-state index < -0.39 is 0 Å². The summed E-state index contributed by atoms with van der Waals surface area (Å²) in [5, 5.41) is 1.06. The monoisotopic (exact) mass is 325 g/mol. The zero-order chi connectivity index (χ0) is 13.9. The molecule has 1 atom stereocenters. The van der Waals surface area contributed by atoms with Crippen LogP contribution in [0.4, 0.5) is 0 Å². The molecule has 0 aliphatic rings. The third-order valence-electron chi connectivity index (χ3n) is 3.71. The van der Waals surface area contributed by atoms with Crippen molar-refractivity contribution in [1.82, 2.24) is 4.90 Å². The van der Waals surface area contributed by atoms with Crippen molar-refractivity contribution in [2.24, 2.45) is 5.92 Å². The van der Waals surface area contributed by atoms with Crippen LogP contribution in [0.3, 0.4) is 0 Å². The summed E-state index contributed by atoms with van der Waals surface area (Å²) in [4.78, 5) is 2.59. The number of halogens is 1. The van der Waals surface area contributed by atoms with Gasteiger partial charge in [-0.25, -0.2) is 0 Å². The van der Waals surface area contributed by atoms with E-state index in [4.69, 9.17) is 0 Å². The Kier molecular flexibility index (Phi) is 9.19. The van der Waals surface area contributed by atoms with Gasteiger partial charge in [0.05, 0.1) is 0 Å². The molecule has 0 spiro atoms. The largest absolute Gasteiger partial charge is 0.298 e. The van der Waals surface area contributed by atoms with Crippen LogP contribution in [0.25, 0.3) is 0 Å². The Morgan fingerprint density at radius 1 is 1.16 bits per heavy atom. The van der Waals surface area contributed by atoms with Crippen LogP contribution in [0.1, 0.15) is 45.1 Å². The molecule has 108 valence electrons. The lowest BCUT2D eigenvalue weighted by atomic mass is 9.98. The highest BCUT2D eigenvalue weighted by Gasteiger charge is 2.12. The average Bonchev–Trinajstić information content (AvgIpc) is 2.44. The molecule has 0 heterocycles. The first-order valence-corrected chi connectivity index (χ1v) is 8.74. The molecule has 2 heteroatoms. The van der Waals surface area contributed by atoms with Crippen molar-refractivity contribution >= 4 is 15.9 Å². The maximum absolute atomic E-state index is 3.59. The first-order chi connectivity index (χ1) is 9.30. The lowest BCUT2D eigenvalue weighted by Crippen LogP contribution is -2.30. The molecule has 1 unspecified atom stereocenters. The third kappa shape index (κ3) is 7.12. The van der Waals surface area contributed by atoms with Gasteiger partial charge in [0.15, 0.2) is 0 Å². The molecule has 0 aliphatic carbocycles. The standard InChI is InChI=1S/C17H28BrN/c1-3-5-9-16(4-2)14-19(13-12-18)15-17-10-7-6-8-11-17/h6-8,10-11,16H,3-5,9,12-15H2,1-2H3. The van der Waals surface area contributed by atoms with Crippen molar-refractivity contribution in [2.45, 2.75) is 46.1 Å². The third-order valence-corrected chi connectivity index (χ3v) is 4.06. The number of hydrogen-bond acceptors (Lipinski definition) is 1. The summed E-state index contributed by atoms with van der Waals surface area (Å²) >= 11 is 3.59. The average molecular weight is 326 g/mol. The number of nitrogens with zero attached hydrogens (tertiary/aromatic N) is 1. The summed E-state index contributed by atoms with van der Waals surface area (Å²) in [6, 6.07) is 10.8. The molecule has 0 N–H and O–H groups in total. The van der Waals surface area contributed by atoms with E-state index in [-0.39, 0.29) is 0 Å². The van der Waals surface area contributed by atoms with E-state index in [0.717, 1.165) is 24.3 Å². The molecule has 0 fully saturated rings. The highest BCUT2D eigenvalue weighted by molar-refractivity contribution is 9.09. The quantitative estimate of drug-likeness (QED) is 0.541. The lowest BCUT2D eigenvalue weighted by molar-refractivity contribution is 0.223.